The maximum absolute atomic E-state index is 3.77. The molecule has 0 heterocycles. The largest absolute Gasteiger partial charge is 0.359 e. The summed E-state index contributed by atoms with van der Waals surface area (Å²) in [6, 6.07) is 0. The van der Waals surface area contributed by atoms with Crippen LogP contribution in [0.2, 0.25) is 19.6 Å². The molecule has 4 nitrogen and oxygen atoms in total. The fourth-order valence-electron chi connectivity index (χ4n) is 1.53. The summed E-state index contributed by atoms with van der Waals surface area (Å²) < 4.78 is 3.77. The Balaban J connectivity index is 4.74. The van der Waals surface area contributed by atoms with Gasteiger partial charge >= 0.3 is 8.72 Å². The summed E-state index contributed by atoms with van der Waals surface area (Å²) in [4.78, 5) is 10.5. The van der Waals surface area contributed by atoms with Crippen molar-refractivity contribution in [2.24, 2.45) is 0 Å². The second-order valence-electron chi connectivity index (χ2n) is 6.00. The van der Waals surface area contributed by atoms with Crippen LogP contribution in [0.15, 0.2) is 0 Å². The quantitative estimate of drug-likeness (QED) is 0.540. The molecule has 0 atom stereocenters. The predicted molar refractivity (Wildman–Crippen MR) is 73.2 cm³/mol. The van der Waals surface area contributed by atoms with Gasteiger partial charge in [0.2, 0.25) is 0 Å². The smallest absolute Gasteiger partial charge is 0.322 e. The van der Waals surface area contributed by atoms with E-state index < -0.39 is 17.0 Å². The summed E-state index contributed by atoms with van der Waals surface area (Å²) >= 11 is 0. The standard InChI is InChI=1S/C9H28N4Si2/c1-9(2,3)12-15(10-4,11-5)13-14(6,7)8/h10-13H,1-8H3. The summed E-state index contributed by atoms with van der Waals surface area (Å²) in [7, 11) is 0.754. The SMILES string of the molecule is CN[Si](NC)(NC(C)(C)C)N[Si](C)(C)C. The first kappa shape index (κ1) is 15.3. The lowest BCUT2D eigenvalue weighted by Crippen LogP contribution is -2.85. The van der Waals surface area contributed by atoms with Gasteiger partial charge in [-0.25, -0.2) is 0 Å². The highest BCUT2D eigenvalue weighted by atomic mass is 28.4. The van der Waals surface area contributed by atoms with Gasteiger partial charge in [-0.05, 0) is 34.9 Å². The van der Waals surface area contributed by atoms with Gasteiger partial charge in [0.1, 0.15) is 8.24 Å². The van der Waals surface area contributed by atoms with Crippen molar-refractivity contribution in [3.8, 4) is 0 Å². The Kier molecular flexibility index (Phi) is 5.16. The second kappa shape index (κ2) is 5.07. The third-order valence-electron chi connectivity index (χ3n) is 1.88. The van der Waals surface area contributed by atoms with Crippen LogP contribution in [0.5, 0.6) is 0 Å². The van der Waals surface area contributed by atoms with Crippen LogP contribution in [0, 0.1) is 0 Å². The average molecular weight is 249 g/mol. The highest BCUT2D eigenvalue weighted by Crippen LogP contribution is 2.04. The number of nitrogens with one attached hydrogen (secondary N) is 4. The van der Waals surface area contributed by atoms with Gasteiger partial charge in [0.05, 0.1) is 0 Å². The lowest BCUT2D eigenvalue weighted by molar-refractivity contribution is 0.495. The van der Waals surface area contributed by atoms with E-state index in [-0.39, 0.29) is 5.54 Å². The van der Waals surface area contributed by atoms with Gasteiger partial charge in [0, 0.05) is 5.54 Å². The van der Waals surface area contributed by atoms with Crippen molar-refractivity contribution in [1.29, 1.82) is 0 Å². The molecule has 0 amide bonds. The zero-order valence-electron chi connectivity index (χ0n) is 11.5. The summed E-state index contributed by atoms with van der Waals surface area (Å²) in [5.41, 5.74) is 0.102. The normalized spacial score (nSPS) is 14.4. The molecule has 0 fully saturated rings. The van der Waals surface area contributed by atoms with E-state index in [1.165, 1.54) is 0 Å². The van der Waals surface area contributed by atoms with Crippen molar-refractivity contribution in [1.82, 2.24) is 19.6 Å². The third-order valence-corrected chi connectivity index (χ3v) is 9.00. The zero-order valence-corrected chi connectivity index (χ0v) is 13.5. The van der Waals surface area contributed by atoms with Crippen molar-refractivity contribution < 1.29 is 0 Å². The Morgan fingerprint density at radius 1 is 0.867 bits per heavy atom. The Labute approximate surface area is 97.0 Å². The van der Waals surface area contributed by atoms with Crippen LogP contribution < -0.4 is 19.6 Å². The molecule has 15 heavy (non-hydrogen) atoms. The fourth-order valence-corrected chi connectivity index (χ4v) is 8.91. The summed E-state index contributed by atoms with van der Waals surface area (Å²) in [5, 5.41) is 0. The lowest BCUT2D eigenvalue weighted by atomic mass is 10.1. The van der Waals surface area contributed by atoms with Gasteiger partial charge in [-0.3, -0.25) is 4.98 Å². The molecule has 0 aliphatic rings. The molecule has 0 aromatic carbocycles. The van der Waals surface area contributed by atoms with Gasteiger partial charge in [0.15, 0.2) is 0 Å². The van der Waals surface area contributed by atoms with E-state index in [0.717, 1.165) is 0 Å². The highest BCUT2D eigenvalue weighted by Gasteiger charge is 2.39. The Hall–Kier alpha value is 0.274. The Bertz CT molecular complexity index is 173. The van der Waals surface area contributed by atoms with Gasteiger partial charge < -0.3 is 14.6 Å². The van der Waals surface area contributed by atoms with E-state index in [0.29, 0.717) is 0 Å². The molecule has 0 saturated heterocycles. The van der Waals surface area contributed by atoms with Crippen LogP contribution in [0.4, 0.5) is 0 Å². The monoisotopic (exact) mass is 248 g/mol. The van der Waals surface area contributed by atoms with Crippen LogP contribution in [-0.2, 0) is 0 Å². The third kappa shape index (κ3) is 6.44. The first-order valence-corrected chi connectivity index (χ1v) is 11.0. The number of rotatable bonds is 5. The van der Waals surface area contributed by atoms with Crippen LogP contribution >= 0.6 is 0 Å². The van der Waals surface area contributed by atoms with E-state index in [1.807, 2.05) is 14.1 Å². The molecular formula is C9H28N4Si2. The molecule has 0 unspecified atom stereocenters. The number of hydrogen-bond donors (Lipinski definition) is 4. The molecule has 0 radical (unpaired) electrons. The van der Waals surface area contributed by atoms with E-state index in [1.54, 1.807) is 0 Å². The van der Waals surface area contributed by atoms with Gasteiger partial charge in [0.25, 0.3) is 0 Å². The van der Waals surface area contributed by atoms with Crippen molar-refractivity contribution in [3.63, 3.8) is 0 Å². The maximum Gasteiger partial charge on any atom is 0.359 e. The highest BCUT2D eigenvalue weighted by molar-refractivity contribution is 6.88. The molecule has 0 aromatic heterocycles. The molecule has 0 bridgehead atoms. The first-order valence-electron chi connectivity index (χ1n) is 5.50. The van der Waals surface area contributed by atoms with Crippen LogP contribution in [0.1, 0.15) is 20.8 Å². The molecule has 92 valence electrons. The van der Waals surface area contributed by atoms with Crippen LogP contribution in [-0.4, -0.2) is 36.6 Å². The van der Waals surface area contributed by atoms with Crippen molar-refractivity contribution >= 4 is 17.0 Å². The Morgan fingerprint density at radius 3 is 1.47 bits per heavy atom. The van der Waals surface area contributed by atoms with Crippen LogP contribution in [0.3, 0.4) is 0 Å². The van der Waals surface area contributed by atoms with Crippen LogP contribution in [0.25, 0.3) is 0 Å². The van der Waals surface area contributed by atoms with E-state index >= 15 is 0 Å². The molecule has 0 rings (SSSR count). The molecule has 6 heteroatoms. The average Bonchev–Trinajstić information content (AvgIpc) is 1.98. The molecule has 0 spiro atoms. The van der Waals surface area contributed by atoms with E-state index in [2.05, 4.69) is 60.0 Å². The van der Waals surface area contributed by atoms with Gasteiger partial charge in [-0.1, -0.05) is 19.6 Å². The molecular weight excluding hydrogens is 220 g/mol. The van der Waals surface area contributed by atoms with E-state index in [9.17, 15) is 0 Å². The van der Waals surface area contributed by atoms with Crippen molar-refractivity contribution in [2.75, 3.05) is 14.1 Å². The summed E-state index contributed by atoms with van der Waals surface area (Å²) in [5.74, 6) is 0. The fraction of sp³-hybridized carbons (Fsp3) is 1.00. The topological polar surface area (TPSA) is 48.1 Å². The lowest BCUT2D eigenvalue weighted by Gasteiger charge is -2.41. The molecule has 0 aliphatic carbocycles. The molecule has 0 aromatic rings. The minimum Gasteiger partial charge on any atom is -0.322 e. The first-order chi connectivity index (χ1) is 6.54. The predicted octanol–water partition coefficient (Wildman–Crippen LogP) is 0.673. The second-order valence-corrected chi connectivity index (χ2v) is 14.2. The van der Waals surface area contributed by atoms with Gasteiger partial charge in [-0.2, -0.15) is 0 Å². The summed E-state index contributed by atoms with van der Waals surface area (Å²) in [6.07, 6.45) is 0. The van der Waals surface area contributed by atoms with Crippen molar-refractivity contribution in [2.45, 2.75) is 46.0 Å². The number of hydrogen-bond acceptors (Lipinski definition) is 4. The van der Waals surface area contributed by atoms with Crippen molar-refractivity contribution in [3.05, 3.63) is 0 Å². The zero-order chi connectivity index (χ0) is 12.3. The Morgan fingerprint density at radius 2 is 1.27 bits per heavy atom. The van der Waals surface area contributed by atoms with Gasteiger partial charge in [-0.15, -0.1) is 0 Å². The molecule has 0 aliphatic heterocycles. The minimum absolute atomic E-state index is 0.102. The minimum atomic E-state index is -1.95. The maximum atomic E-state index is 3.77. The van der Waals surface area contributed by atoms with E-state index in [4.69, 9.17) is 0 Å². The molecule has 0 saturated carbocycles. The molecule has 4 N–H and O–H groups in total. The summed E-state index contributed by atoms with van der Waals surface area (Å²) in [6.45, 7) is 13.5.